The summed E-state index contributed by atoms with van der Waals surface area (Å²) < 4.78 is 44.9. The van der Waals surface area contributed by atoms with Gasteiger partial charge in [-0.2, -0.15) is 4.31 Å². The van der Waals surface area contributed by atoms with Gasteiger partial charge in [-0.3, -0.25) is 0 Å². The monoisotopic (exact) mass is 307 g/mol. The summed E-state index contributed by atoms with van der Waals surface area (Å²) in [7, 11) is -3.72. The average Bonchev–Trinajstić information content (AvgIpc) is 2.68. The van der Waals surface area contributed by atoms with Crippen LogP contribution in [0.1, 0.15) is 12.0 Å². The number of nitrogens with zero attached hydrogens (tertiary/aromatic N) is 1. The van der Waals surface area contributed by atoms with E-state index in [1.165, 1.54) is 16.4 Å². The molecule has 1 saturated heterocycles. The first-order valence-corrected chi connectivity index (χ1v) is 7.95. The summed E-state index contributed by atoms with van der Waals surface area (Å²) in [5, 5.41) is 0. The van der Waals surface area contributed by atoms with Gasteiger partial charge < -0.3 is 4.74 Å². The quantitative estimate of drug-likeness (QED) is 0.802. The van der Waals surface area contributed by atoms with Gasteiger partial charge in [0.25, 0.3) is 0 Å². The van der Waals surface area contributed by atoms with E-state index in [-0.39, 0.29) is 17.3 Å². The molecular weight excluding hydrogens is 293 g/mol. The summed E-state index contributed by atoms with van der Waals surface area (Å²) in [5.41, 5.74) is 0.410. The maximum absolute atomic E-state index is 13.3. The van der Waals surface area contributed by atoms with Crippen LogP contribution in [-0.4, -0.2) is 39.0 Å². The van der Waals surface area contributed by atoms with Gasteiger partial charge in [0.15, 0.2) is 0 Å². The third-order valence-corrected chi connectivity index (χ3v) is 5.24. The summed E-state index contributed by atoms with van der Waals surface area (Å²) in [5.74, 6) is -0.558. The van der Waals surface area contributed by atoms with Crippen LogP contribution < -0.4 is 0 Å². The second kappa shape index (κ2) is 6.17. The van der Waals surface area contributed by atoms with Crippen LogP contribution in [0.2, 0.25) is 0 Å². The highest BCUT2D eigenvalue weighted by atomic mass is 35.5. The molecule has 0 aromatic heterocycles. The maximum atomic E-state index is 13.3. The molecule has 0 aliphatic carbocycles. The van der Waals surface area contributed by atoms with Crippen LogP contribution in [0.25, 0.3) is 0 Å². The van der Waals surface area contributed by atoms with Crippen molar-refractivity contribution in [2.45, 2.75) is 17.2 Å². The number of sulfonamides is 1. The molecule has 2 rings (SSSR count). The molecular formula is C12H15ClFNO3S. The van der Waals surface area contributed by atoms with E-state index < -0.39 is 15.8 Å². The van der Waals surface area contributed by atoms with Gasteiger partial charge >= 0.3 is 0 Å². The summed E-state index contributed by atoms with van der Waals surface area (Å²) in [6.45, 7) is 1.55. The molecule has 1 aliphatic rings. The summed E-state index contributed by atoms with van der Waals surface area (Å²) in [6, 6.07) is 3.64. The molecule has 1 aliphatic heterocycles. The van der Waals surface area contributed by atoms with Crippen LogP contribution in [0.3, 0.4) is 0 Å². The zero-order valence-corrected chi connectivity index (χ0v) is 11.9. The van der Waals surface area contributed by atoms with E-state index in [4.69, 9.17) is 16.3 Å². The van der Waals surface area contributed by atoms with Crippen molar-refractivity contribution < 1.29 is 17.5 Å². The van der Waals surface area contributed by atoms with Crippen molar-refractivity contribution in [2.24, 2.45) is 0 Å². The van der Waals surface area contributed by atoms with Gasteiger partial charge in [0.05, 0.1) is 11.5 Å². The summed E-state index contributed by atoms with van der Waals surface area (Å²) in [6.07, 6.45) is 0.630. The fourth-order valence-corrected chi connectivity index (χ4v) is 3.99. The third-order valence-electron chi connectivity index (χ3n) is 2.97. The molecule has 4 nitrogen and oxygen atoms in total. The zero-order chi connectivity index (χ0) is 13.9. The number of rotatable bonds is 3. The van der Waals surface area contributed by atoms with Crippen molar-refractivity contribution in [3.63, 3.8) is 0 Å². The molecule has 106 valence electrons. The largest absolute Gasteiger partial charge is 0.380 e. The van der Waals surface area contributed by atoms with E-state index in [1.54, 1.807) is 0 Å². The van der Waals surface area contributed by atoms with E-state index in [1.807, 2.05) is 0 Å². The fraction of sp³-hybridized carbons (Fsp3) is 0.500. The van der Waals surface area contributed by atoms with Gasteiger partial charge in [0, 0.05) is 25.6 Å². The normalized spacial score (nSPS) is 18.2. The lowest BCUT2D eigenvalue weighted by Gasteiger charge is -2.20. The second-order valence-corrected chi connectivity index (χ2v) is 6.43. The molecule has 0 spiro atoms. The van der Waals surface area contributed by atoms with Crippen molar-refractivity contribution >= 4 is 21.6 Å². The topological polar surface area (TPSA) is 46.6 Å². The van der Waals surface area contributed by atoms with Crippen LogP contribution in [0.4, 0.5) is 4.39 Å². The smallest absolute Gasteiger partial charge is 0.243 e. The molecule has 1 fully saturated rings. The van der Waals surface area contributed by atoms with E-state index in [9.17, 15) is 12.8 Å². The summed E-state index contributed by atoms with van der Waals surface area (Å²) >= 11 is 5.73. The predicted octanol–water partition coefficient (Wildman–Crippen LogP) is 1.98. The Labute approximate surface area is 117 Å². The predicted molar refractivity (Wildman–Crippen MR) is 70.2 cm³/mol. The Balaban J connectivity index is 2.40. The minimum Gasteiger partial charge on any atom is -0.380 e. The van der Waals surface area contributed by atoms with Crippen molar-refractivity contribution in [2.75, 3.05) is 26.3 Å². The van der Waals surface area contributed by atoms with Crippen LogP contribution in [-0.2, 0) is 20.6 Å². The number of halogens is 2. The van der Waals surface area contributed by atoms with Gasteiger partial charge in [-0.15, -0.1) is 11.6 Å². The molecule has 1 aromatic carbocycles. The molecule has 0 radical (unpaired) electrons. The molecule has 0 bridgehead atoms. The van der Waals surface area contributed by atoms with E-state index in [0.717, 1.165) is 6.07 Å². The Bertz CT molecular complexity index is 542. The fourth-order valence-electron chi connectivity index (χ4n) is 1.98. The van der Waals surface area contributed by atoms with Crippen LogP contribution in [0.15, 0.2) is 23.1 Å². The lowest BCUT2D eigenvalue weighted by atomic mass is 10.2. The van der Waals surface area contributed by atoms with Crippen LogP contribution >= 0.6 is 11.6 Å². The minimum atomic E-state index is -3.72. The van der Waals surface area contributed by atoms with Gasteiger partial charge in [0.1, 0.15) is 5.82 Å². The Morgan fingerprint density at radius 2 is 2.11 bits per heavy atom. The highest BCUT2D eigenvalue weighted by Crippen LogP contribution is 2.23. The first kappa shape index (κ1) is 14.7. The van der Waals surface area contributed by atoms with Gasteiger partial charge in [-0.1, -0.05) is 6.07 Å². The van der Waals surface area contributed by atoms with E-state index in [0.29, 0.717) is 31.7 Å². The highest BCUT2D eigenvalue weighted by molar-refractivity contribution is 7.89. The minimum absolute atomic E-state index is 0.0270. The summed E-state index contributed by atoms with van der Waals surface area (Å²) in [4.78, 5) is -0.0515. The van der Waals surface area contributed by atoms with E-state index >= 15 is 0 Å². The van der Waals surface area contributed by atoms with Crippen LogP contribution in [0.5, 0.6) is 0 Å². The standard InChI is InChI=1S/C12H15ClFNO3S/c13-9-10-2-3-11(14)8-12(10)19(16,17)15-4-1-6-18-7-5-15/h2-3,8H,1,4-7,9H2. The molecule has 0 unspecified atom stereocenters. The second-order valence-electron chi connectivity index (χ2n) is 4.26. The lowest BCUT2D eigenvalue weighted by molar-refractivity contribution is 0.148. The molecule has 1 aromatic rings. The van der Waals surface area contributed by atoms with Crippen LogP contribution in [0, 0.1) is 5.82 Å². The highest BCUT2D eigenvalue weighted by Gasteiger charge is 2.27. The van der Waals surface area contributed by atoms with Crippen molar-refractivity contribution in [3.8, 4) is 0 Å². The Morgan fingerprint density at radius 3 is 2.84 bits per heavy atom. The lowest BCUT2D eigenvalue weighted by Crippen LogP contribution is -2.33. The Kier molecular flexibility index (Phi) is 4.78. The Hall–Kier alpha value is -0.690. The number of alkyl halides is 1. The van der Waals surface area contributed by atoms with Gasteiger partial charge in [-0.05, 0) is 24.1 Å². The molecule has 0 saturated carbocycles. The Morgan fingerprint density at radius 1 is 1.32 bits per heavy atom. The van der Waals surface area contributed by atoms with Gasteiger partial charge in [-0.25, -0.2) is 12.8 Å². The number of hydrogen-bond acceptors (Lipinski definition) is 3. The SMILES string of the molecule is O=S(=O)(c1cc(F)ccc1CCl)N1CCCOCC1. The molecule has 0 N–H and O–H groups in total. The van der Waals surface area contributed by atoms with E-state index in [2.05, 4.69) is 0 Å². The molecule has 0 amide bonds. The third kappa shape index (κ3) is 3.25. The molecule has 0 atom stereocenters. The average molecular weight is 308 g/mol. The first-order valence-electron chi connectivity index (χ1n) is 5.98. The van der Waals surface area contributed by atoms with Crippen molar-refractivity contribution in [3.05, 3.63) is 29.6 Å². The molecule has 1 heterocycles. The zero-order valence-electron chi connectivity index (χ0n) is 10.3. The van der Waals surface area contributed by atoms with Gasteiger partial charge in [0.2, 0.25) is 10.0 Å². The number of hydrogen-bond donors (Lipinski definition) is 0. The van der Waals surface area contributed by atoms with Crippen molar-refractivity contribution in [1.29, 1.82) is 0 Å². The maximum Gasteiger partial charge on any atom is 0.243 e. The molecule has 19 heavy (non-hydrogen) atoms. The molecule has 7 heteroatoms. The number of ether oxygens (including phenoxy) is 1. The number of benzene rings is 1. The van der Waals surface area contributed by atoms with Crippen molar-refractivity contribution in [1.82, 2.24) is 4.31 Å². The first-order chi connectivity index (χ1) is 9.05.